The number of imidazole rings is 1. The average Bonchev–Trinajstić information content (AvgIpc) is 3.30. The first-order valence-corrected chi connectivity index (χ1v) is 12.7. The Kier molecular flexibility index (Phi) is 7.03. The van der Waals surface area contributed by atoms with E-state index in [4.69, 9.17) is 28.3 Å². The summed E-state index contributed by atoms with van der Waals surface area (Å²) in [6, 6.07) is 13.5. The summed E-state index contributed by atoms with van der Waals surface area (Å²) in [5, 5.41) is 12.6. The first kappa shape index (κ1) is 24.4. The highest BCUT2D eigenvalue weighted by Gasteiger charge is 2.24. The molecular formula is C27H26Cl2N4O3. The van der Waals surface area contributed by atoms with E-state index in [1.165, 1.54) is 5.56 Å². The molecule has 1 fully saturated rings. The summed E-state index contributed by atoms with van der Waals surface area (Å²) in [6.07, 6.45) is 9.88. The molecule has 0 atom stereocenters. The van der Waals surface area contributed by atoms with Gasteiger partial charge in [-0.1, -0.05) is 35.3 Å². The third kappa shape index (κ3) is 5.42. The summed E-state index contributed by atoms with van der Waals surface area (Å²) in [4.78, 5) is 30.2. The Bertz CT molecular complexity index is 1310. The van der Waals surface area contributed by atoms with E-state index >= 15 is 0 Å². The van der Waals surface area contributed by atoms with E-state index < -0.39 is 5.97 Å². The van der Waals surface area contributed by atoms with Gasteiger partial charge in [-0.25, -0.2) is 4.98 Å². The van der Waals surface area contributed by atoms with Crippen LogP contribution in [0.5, 0.6) is 0 Å². The number of carbonyl (C=O) groups excluding carboxylic acids is 1. The normalized spacial score (nSPS) is 19.1. The van der Waals surface area contributed by atoms with Crippen molar-refractivity contribution in [2.75, 3.05) is 10.2 Å². The largest absolute Gasteiger partial charge is 0.481 e. The molecule has 0 unspecified atom stereocenters. The SMILES string of the molecule is O=C(O)CC1CCC(c2ccc(N3C=Cc4nc(C(=O)Nc5ccc(Cl)c(Cl)c5)cn4C3)cc2)CC1. The fourth-order valence-electron chi connectivity index (χ4n) is 4.98. The third-order valence-corrected chi connectivity index (χ3v) is 7.67. The minimum atomic E-state index is -0.697. The maximum atomic E-state index is 12.7. The number of carbonyl (C=O) groups is 2. The van der Waals surface area contributed by atoms with Crippen molar-refractivity contribution in [1.29, 1.82) is 0 Å². The highest BCUT2D eigenvalue weighted by Crippen LogP contribution is 2.37. The number of benzene rings is 2. The molecule has 2 N–H and O–H groups in total. The molecule has 1 aromatic heterocycles. The van der Waals surface area contributed by atoms with Crippen molar-refractivity contribution < 1.29 is 14.7 Å². The van der Waals surface area contributed by atoms with Crippen LogP contribution < -0.4 is 10.2 Å². The third-order valence-electron chi connectivity index (χ3n) is 6.93. The number of hydrogen-bond donors (Lipinski definition) is 2. The van der Waals surface area contributed by atoms with Crippen LogP contribution in [0.15, 0.2) is 54.9 Å². The smallest absolute Gasteiger partial charge is 0.303 e. The zero-order chi connectivity index (χ0) is 25.2. The van der Waals surface area contributed by atoms with Crippen LogP contribution in [0.1, 0.15) is 59.9 Å². The van der Waals surface area contributed by atoms with E-state index in [-0.39, 0.29) is 12.3 Å². The molecule has 0 spiro atoms. The summed E-state index contributed by atoms with van der Waals surface area (Å²) in [5.41, 5.74) is 3.22. The highest BCUT2D eigenvalue weighted by atomic mass is 35.5. The van der Waals surface area contributed by atoms with Gasteiger partial charge in [-0.05, 0) is 79.5 Å². The number of nitrogens with one attached hydrogen (secondary N) is 1. The van der Waals surface area contributed by atoms with Gasteiger partial charge in [0, 0.05) is 30.2 Å². The molecule has 186 valence electrons. The van der Waals surface area contributed by atoms with Crippen LogP contribution >= 0.6 is 23.2 Å². The van der Waals surface area contributed by atoms with E-state index in [1.54, 1.807) is 24.4 Å². The van der Waals surface area contributed by atoms with Gasteiger partial charge < -0.3 is 19.9 Å². The van der Waals surface area contributed by atoms with Crippen LogP contribution in [0.2, 0.25) is 10.0 Å². The lowest BCUT2D eigenvalue weighted by Crippen LogP contribution is -2.23. The molecule has 0 saturated heterocycles. The van der Waals surface area contributed by atoms with E-state index in [0.717, 1.165) is 31.4 Å². The molecule has 3 aromatic rings. The second-order valence-corrected chi connectivity index (χ2v) is 10.2. The van der Waals surface area contributed by atoms with Crippen molar-refractivity contribution in [2.24, 2.45) is 5.92 Å². The maximum absolute atomic E-state index is 12.7. The van der Waals surface area contributed by atoms with Crippen molar-refractivity contribution in [3.8, 4) is 0 Å². The second kappa shape index (κ2) is 10.4. The number of anilines is 2. The van der Waals surface area contributed by atoms with Crippen LogP contribution in [0, 0.1) is 5.92 Å². The molecule has 1 saturated carbocycles. The zero-order valence-corrected chi connectivity index (χ0v) is 21.0. The zero-order valence-electron chi connectivity index (χ0n) is 19.5. The fourth-order valence-corrected chi connectivity index (χ4v) is 5.27. The molecule has 0 bridgehead atoms. The van der Waals surface area contributed by atoms with Crippen molar-refractivity contribution in [2.45, 2.75) is 44.7 Å². The van der Waals surface area contributed by atoms with Gasteiger partial charge in [0.25, 0.3) is 5.91 Å². The molecule has 1 aliphatic heterocycles. The maximum Gasteiger partial charge on any atom is 0.303 e. The van der Waals surface area contributed by atoms with E-state index in [9.17, 15) is 9.59 Å². The Labute approximate surface area is 219 Å². The average molecular weight is 525 g/mol. The summed E-state index contributed by atoms with van der Waals surface area (Å²) in [7, 11) is 0. The van der Waals surface area contributed by atoms with Gasteiger partial charge >= 0.3 is 5.97 Å². The Morgan fingerprint density at radius 1 is 1.03 bits per heavy atom. The number of rotatable bonds is 6. The predicted octanol–water partition coefficient (Wildman–Crippen LogP) is 6.64. The quantitative estimate of drug-likeness (QED) is 0.377. The number of halogens is 2. The summed E-state index contributed by atoms with van der Waals surface area (Å²) >= 11 is 12.0. The van der Waals surface area contributed by atoms with Crippen molar-refractivity contribution in [3.05, 3.63) is 82.0 Å². The minimum absolute atomic E-state index is 0.280. The van der Waals surface area contributed by atoms with Crippen molar-refractivity contribution in [1.82, 2.24) is 9.55 Å². The number of fused-ring (bicyclic) bond motifs is 1. The molecular weight excluding hydrogens is 499 g/mol. The molecule has 7 nitrogen and oxygen atoms in total. The molecule has 1 amide bonds. The summed E-state index contributed by atoms with van der Waals surface area (Å²) in [6.45, 7) is 0.540. The predicted molar refractivity (Wildman–Crippen MR) is 142 cm³/mol. The lowest BCUT2D eigenvalue weighted by molar-refractivity contribution is -0.138. The van der Waals surface area contributed by atoms with Crippen molar-refractivity contribution >= 4 is 52.5 Å². The molecule has 0 radical (unpaired) electrons. The van der Waals surface area contributed by atoms with Gasteiger partial charge in [0.1, 0.15) is 18.2 Å². The molecule has 5 rings (SSSR count). The highest BCUT2D eigenvalue weighted by molar-refractivity contribution is 6.42. The van der Waals surface area contributed by atoms with Crippen LogP contribution in [0.25, 0.3) is 6.08 Å². The molecule has 2 aliphatic rings. The van der Waals surface area contributed by atoms with Crippen LogP contribution in [0.3, 0.4) is 0 Å². The fraction of sp³-hybridized carbons (Fsp3) is 0.296. The Morgan fingerprint density at radius 3 is 2.47 bits per heavy atom. The Morgan fingerprint density at radius 2 is 1.78 bits per heavy atom. The Hall–Kier alpha value is -3.29. The van der Waals surface area contributed by atoms with Gasteiger partial charge in [-0.3, -0.25) is 9.59 Å². The molecule has 2 heterocycles. The standard InChI is InChI=1S/C27H26Cl2N4O3/c28-22-10-7-20(14-23(22)29)30-27(36)24-15-33-16-32(12-11-25(33)31-24)21-8-5-19(6-9-21)18-3-1-17(2-4-18)13-26(34)35/h5-12,14-15,17-18H,1-4,13,16H2,(H,30,36)(H,34,35). The van der Waals surface area contributed by atoms with E-state index in [1.807, 2.05) is 16.8 Å². The van der Waals surface area contributed by atoms with Crippen LogP contribution in [-0.4, -0.2) is 26.5 Å². The number of carboxylic acid groups (broad SMARTS) is 1. The van der Waals surface area contributed by atoms with Gasteiger partial charge in [-0.15, -0.1) is 0 Å². The van der Waals surface area contributed by atoms with Gasteiger partial charge in [0.05, 0.1) is 10.0 Å². The lowest BCUT2D eigenvalue weighted by Gasteiger charge is -2.29. The molecule has 1 aliphatic carbocycles. The number of nitrogens with zero attached hydrogens (tertiary/aromatic N) is 3. The lowest BCUT2D eigenvalue weighted by atomic mass is 9.77. The monoisotopic (exact) mass is 524 g/mol. The van der Waals surface area contributed by atoms with Gasteiger partial charge in [-0.2, -0.15) is 0 Å². The molecule has 36 heavy (non-hydrogen) atoms. The van der Waals surface area contributed by atoms with Gasteiger partial charge in [0.15, 0.2) is 0 Å². The van der Waals surface area contributed by atoms with Crippen LogP contribution in [0.4, 0.5) is 11.4 Å². The van der Waals surface area contributed by atoms with Gasteiger partial charge in [0.2, 0.25) is 0 Å². The van der Waals surface area contributed by atoms with E-state index in [0.29, 0.717) is 45.8 Å². The number of carboxylic acids is 1. The van der Waals surface area contributed by atoms with Crippen molar-refractivity contribution in [3.63, 3.8) is 0 Å². The minimum Gasteiger partial charge on any atom is -0.481 e. The number of hydrogen-bond acceptors (Lipinski definition) is 4. The number of aliphatic carboxylic acids is 1. The van der Waals surface area contributed by atoms with Crippen LogP contribution in [-0.2, 0) is 11.5 Å². The first-order chi connectivity index (χ1) is 17.4. The molecule has 9 heteroatoms. The summed E-state index contributed by atoms with van der Waals surface area (Å²) in [5.74, 6) is 0.477. The number of aromatic nitrogens is 2. The van der Waals surface area contributed by atoms with E-state index in [2.05, 4.69) is 39.5 Å². The molecule has 2 aromatic carbocycles. The topological polar surface area (TPSA) is 87.5 Å². The second-order valence-electron chi connectivity index (χ2n) is 9.37. The first-order valence-electron chi connectivity index (χ1n) is 12.0. The Balaban J connectivity index is 1.21. The number of amides is 1. The summed E-state index contributed by atoms with van der Waals surface area (Å²) < 4.78 is 1.93.